The molecule has 222 valence electrons. The van der Waals surface area contributed by atoms with E-state index in [1.54, 1.807) is 17.9 Å². The molecule has 5 rings (SSSR count). The van der Waals surface area contributed by atoms with Crippen molar-refractivity contribution in [1.29, 1.82) is 0 Å². The van der Waals surface area contributed by atoms with E-state index >= 15 is 0 Å². The molecule has 0 aliphatic carbocycles. The highest BCUT2D eigenvalue weighted by Gasteiger charge is 2.33. The van der Waals surface area contributed by atoms with E-state index in [0.717, 1.165) is 33.6 Å². The molecule has 42 heavy (non-hydrogen) atoms. The molecule has 10 heteroatoms. The third kappa shape index (κ3) is 6.14. The first kappa shape index (κ1) is 29.2. The summed E-state index contributed by atoms with van der Waals surface area (Å²) in [7, 11) is 3.49. The van der Waals surface area contributed by atoms with Gasteiger partial charge in [-0.2, -0.15) is 0 Å². The third-order valence-corrected chi connectivity index (χ3v) is 7.76. The van der Waals surface area contributed by atoms with Crippen LogP contribution in [0.2, 0.25) is 0 Å². The number of fused-ring (bicyclic) bond motifs is 1. The highest BCUT2D eigenvalue weighted by atomic mass is 16.7. The molecule has 1 aliphatic heterocycles. The van der Waals surface area contributed by atoms with Gasteiger partial charge in [-0.25, -0.2) is 4.68 Å². The molecule has 4 aromatic rings. The van der Waals surface area contributed by atoms with Crippen LogP contribution in [-0.4, -0.2) is 58.5 Å². The van der Waals surface area contributed by atoms with Crippen LogP contribution >= 0.6 is 0 Å². The number of aromatic amines is 1. The van der Waals surface area contributed by atoms with Crippen molar-refractivity contribution in [2.24, 2.45) is 7.05 Å². The lowest BCUT2D eigenvalue weighted by Gasteiger charge is -2.29. The van der Waals surface area contributed by atoms with Crippen LogP contribution in [0.25, 0.3) is 16.6 Å². The summed E-state index contributed by atoms with van der Waals surface area (Å²) in [5, 5.41) is 13.1. The monoisotopic (exact) mass is 574 g/mol. The summed E-state index contributed by atoms with van der Waals surface area (Å²) in [6.07, 6.45) is 5.24. The van der Waals surface area contributed by atoms with Gasteiger partial charge in [0.05, 0.1) is 19.4 Å². The van der Waals surface area contributed by atoms with Gasteiger partial charge in [0.1, 0.15) is 5.75 Å². The zero-order valence-electron chi connectivity index (χ0n) is 24.3. The van der Waals surface area contributed by atoms with Crippen LogP contribution in [0.15, 0.2) is 71.4 Å². The minimum absolute atomic E-state index is 0.0799. The second-order valence-corrected chi connectivity index (χ2v) is 10.4. The predicted molar refractivity (Wildman–Crippen MR) is 160 cm³/mol. The number of amides is 1. The number of hydrogen-bond donors (Lipinski definition) is 3. The summed E-state index contributed by atoms with van der Waals surface area (Å²) < 4.78 is 20.8. The van der Waals surface area contributed by atoms with E-state index in [4.69, 9.17) is 19.3 Å². The van der Waals surface area contributed by atoms with E-state index in [2.05, 4.69) is 10.3 Å². The Labute approximate surface area is 244 Å². The second-order valence-electron chi connectivity index (χ2n) is 10.4. The van der Waals surface area contributed by atoms with Gasteiger partial charge in [0, 0.05) is 60.9 Å². The molecule has 3 N–H and O–H groups in total. The van der Waals surface area contributed by atoms with Gasteiger partial charge in [0.25, 0.3) is 11.5 Å². The minimum Gasteiger partial charge on any atom is -0.497 e. The highest BCUT2D eigenvalue weighted by molar-refractivity contribution is 5.92. The van der Waals surface area contributed by atoms with E-state index < -0.39 is 6.29 Å². The summed E-state index contributed by atoms with van der Waals surface area (Å²) in [5.74, 6) is 0.157. The quantitative estimate of drug-likeness (QED) is 0.221. The lowest BCUT2D eigenvalue weighted by atomic mass is 9.93. The molecule has 2 unspecified atom stereocenters. The molecule has 2 atom stereocenters. The normalized spacial score (nSPS) is 16.7. The number of hydrogen-bond acceptors (Lipinski definition) is 6. The maximum absolute atomic E-state index is 13.7. The van der Waals surface area contributed by atoms with Crippen LogP contribution in [0.4, 0.5) is 0 Å². The molecule has 0 radical (unpaired) electrons. The Bertz CT molecular complexity index is 1620. The molecule has 2 aromatic heterocycles. The second kappa shape index (κ2) is 13.1. The average molecular weight is 575 g/mol. The Morgan fingerprint density at radius 2 is 2.00 bits per heavy atom. The first-order valence-electron chi connectivity index (χ1n) is 14.3. The maximum atomic E-state index is 13.7. The van der Waals surface area contributed by atoms with Gasteiger partial charge >= 0.3 is 0 Å². The molecule has 2 aromatic carbocycles. The zero-order valence-corrected chi connectivity index (χ0v) is 24.3. The first-order valence-corrected chi connectivity index (χ1v) is 14.3. The van der Waals surface area contributed by atoms with Gasteiger partial charge in [-0.1, -0.05) is 18.2 Å². The number of carbonyl (C=O) groups is 1. The number of benzene rings is 2. The van der Waals surface area contributed by atoms with Crippen LogP contribution in [0.1, 0.15) is 42.0 Å². The Morgan fingerprint density at radius 3 is 2.76 bits per heavy atom. The van der Waals surface area contributed by atoms with Gasteiger partial charge in [-0.3, -0.25) is 14.3 Å². The minimum atomic E-state index is -0.704. The Kier molecular flexibility index (Phi) is 9.14. The SMILES string of the molecule is COc1ccc2[nH]cc(CCNC(=O)C3=CC(c4c(C)n(C)n(-c5ccccc5)c4=O)CC(OCCCCO)O3)c2c1. The maximum Gasteiger partial charge on any atom is 0.286 e. The number of methoxy groups -OCH3 is 1. The molecule has 3 heterocycles. The van der Waals surface area contributed by atoms with Crippen LogP contribution in [0.3, 0.4) is 0 Å². The molecule has 0 saturated carbocycles. The summed E-state index contributed by atoms with van der Waals surface area (Å²) in [6.45, 7) is 2.75. The first-order chi connectivity index (χ1) is 20.4. The smallest absolute Gasteiger partial charge is 0.286 e. The van der Waals surface area contributed by atoms with Crippen molar-refractivity contribution in [1.82, 2.24) is 19.7 Å². The fraction of sp³-hybridized carbons (Fsp3) is 0.375. The number of nitrogens with one attached hydrogen (secondary N) is 2. The fourth-order valence-electron chi connectivity index (χ4n) is 5.45. The fourth-order valence-corrected chi connectivity index (χ4v) is 5.45. The molecule has 0 fully saturated rings. The number of ether oxygens (including phenoxy) is 3. The van der Waals surface area contributed by atoms with Crippen molar-refractivity contribution >= 4 is 16.8 Å². The summed E-state index contributed by atoms with van der Waals surface area (Å²) in [5.41, 5.74) is 4.09. The number of carbonyl (C=O) groups excluding carboxylic acids is 1. The number of nitrogens with zero attached hydrogens (tertiary/aromatic N) is 2. The van der Waals surface area contributed by atoms with Crippen molar-refractivity contribution in [2.45, 2.75) is 44.8 Å². The number of para-hydroxylation sites is 1. The lowest BCUT2D eigenvalue weighted by Crippen LogP contribution is -2.34. The Balaban J connectivity index is 1.36. The standard InChI is InChI=1S/C32H38N4O6/c1-21-30(32(39)36(35(21)2)24-9-5-4-6-10-24)23-17-28(42-29(18-23)41-16-8-7-15-37)31(38)33-14-13-22-20-34-27-12-11-25(40-3)19-26(22)27/h4-6,9-12,17,19-20,23,29,34,37H,7-8,13-16,18H2,1-3H3,(H,33,38). The molecule has 10 nitrogen and oxygen atoms in total. The van der Waals surface area contributed by atoms with Crippen molar-refractivity contribution in [3.05, 3.63) is 93.7 Å². The van der Waals surface area contributed by atoms with Gasteiger partial charge < -0.3 is 29.6 Å². The summed E-state index contributed by atoms with van der Waals surface area (Å²) >= 11 is 0. The summed E-state index contributed by atoms with van der Waals surface area (Å²) in [4.78, 5) is 30.3. The third-order valence-electron chi connectivity index (χ3n) is 7.76. The van der Waals surface area contributed by atoms with Gasteiger partial charge in [-0.05, 0) is 68.2 Å². The van der Waals surface area contributed by atoms with E-state index in [1.165, 1.54) is 0 Å². The van der Waals surface area contributed by atoms with Gasteiger partial charge in [-0.15, -0.1) is 0 Å². The molecular formula is C32H38N4O6. The van der Waals surface area contributed by atoms with Crippen LogP contribution in [0, 0.1) is 6.92 Å². The van der Waals surface area contributed by atoms with Crippen molar-refractivity contribution in [3.8, 4) is 11.4 Å². The average Bonchev–Trinajstić information content (AvgIpc) is 3.51. The number of H-pyrrole nitrogens is 1. The van der Waals surface area contributed by atoms with Crippen LogP contribution in [-0.2, 0) is 27.7 Å². The van der Waals surface area contributed by atoms with E-state index in [0.29, 0.717) is 44.4 Å². The Hall–Kier alpha value is -4.28. The van der Waals surface area contributed by atoms with E-state index in [9.17, 15) is 9.59 Å². The molecule has 1 amide bonds. The van der Waals surface area contributed by atoms with Crippen molar-refractivity contribution in [2.75, 3.05) is 26.9 Å². The van der Waals surface area contributed by atoms with Crippen molar-refractivity contribution < 1.29 is 24.1 Å². The molecule has 0 saturated heterocycles. The molecule has 1 aliphatic rings. The number of allylic oxidation sites excluding steroid dienone is 1. The topological polar surface area (TPSA) is 120 Å². The van der Waals surface area contributed by atoms with Crippen LogP contribution in [0.5, 0.6) is 5.75 Å². The number of aromatic nitrogens is 3. The van der Waals surface area contributed by atoms with Crippen molar-refractivity contribution in [3.63, 3.8) is 0 Å². The Morgan fingerprint density at radius 1 is 1.19 bits per heavy atom. The lowest BCUT2D eigenvalue weighted by molar-refractivity contribution is -0.146. The zero-order chi connectivity index (χ0) is 29.6. The largest absolute Gasteiger partial charge is 0.497 e. The van der Waals surface area contributed by atoms with E-state index in [-0.39, 0.29) is 29.8 Å². The van der Waals surface area contributed by atoms with Gasteiger partial charge in [0.2, 0.25) is 6.29 Å². The highest BCUT2D eigenvalue weighted by Crippen LogP contribution is 2.32. The molecule has 0 spiro atoms. The number of aliphatic hydroxyl groups is 1. The predicted octanol–water partition coefficient (Wildman–Crippen LogP) is 3.84. The number of rotatable bonds is 12. The van der Waals surface area contributed by atoms with Gasteiger partial charge in [0.15, 0.2) is 5.76 Å². The number of aliphatic hydroxyl groups excluding tert-OH is 1. The van der Waals surface area contributed by atoms with Crippen LogP contribution < -0.4 is 15.6 Å². The molecular weight excluding hydrogens is 536 g/mol. The summed E-state index contributed by atoms with van der Waals surface area (Å²) in [6, 6.07) is 15.3. The number of unbranched alkanes of at least 4 members (excludes halogenated alkanes) is 1. The van der Waals surface area contributed by atoms with E-state index in [1.807, 2.05) is 73.4 Å². The molecule has 0 bridgehead atoms.